The molecular weight excluding hydrogens is 367 g/mol. The van der Waals surface area contributed by atoms with E-state index in [1.165, 1.54) is 22.2 Å². The number of rotatable bonds is 4. The number of hydrogen-bond acceptors (Lipinski definition) is 6. The van der Waals surface area contributed by atoms with Gasteiger partial charge in [0, 0.05) is 47.8 Å². The number of benzene rings is 1. The summed E-state index contributed by atoms with van der Waals surface area (Å²) in [5, 5.41) is 3.09. The summed E-state index contributed by atoms with van der Waals surface area (Å²) >= 11 is 1.37. The number of aryl methyl sites for hydroxylation is 2. The molecule has 2 aromatic heterocycles. The van der Waals surface area contributed by atoms with Crippen molar-refractivity contribution in [2.75, 3.05) is 11.9 Å². The van der Waals surface area contributed by atoms with Crippen LogP contribution in [0, 0.1) is 19.7 Å². The van der Waals surface area contributed by atoms with Crippen LogP contribution < -0.4 is 15.6 Å². The summed E-state index contributed by atoms with van der Waals surface area (Å²) in [5.74, 6) is 0.823. The van der Waals surface area contributed by atoms with Gasteiger partial charge in [0.25, 0.3) is 5.56 Å². The monoisotopic (exact) mass is 386 g/mol. The minimum atomic E-state index is -0.288. The van der Waals surface area contributed by atoms with Crippen LogP contribution in [0.25, 0.3) is 11.1 Å². The molecule has 1 aliphatic rings. The van der Waals surface area contributed by atoms with Crippen molar-refractivity contribution < 1.29 is 9.13 Å². The topological polar surface area (TPSA) is 69.0 Å². The van der Waals surface area contributed by atoms with E-state index in [0.29, 0.717) is 30.1 Å². The third kappa shape index (κ3) is 2.99. The second-order valence-electron chi connectivity index (χ2n) is 6.51. The van der Waals surface area contributed by atoms with E-state index in [9.17, 15) is 9.18 Å². The lowest BCUT2D eigenvalue weighted by atomic mass is 10.0. The first-order valence-electron chi connectivity index (χ1n) is 8.63. The standard InChI is InChI=1S/C19H19FN4O2S/c1-10-17(11(2)27-23-10)14-9-22-19(24(3)18(14)25)21-8-13-12-6-7-26-16(12)5-4-15(13)20/h4-5,9H,6-8H2,1-3H3,(H,21,22). The second-order valence-corrected chi connectivity index (χ2v) is 7.49. The Bertz CT molecular complexity index is 1070. The van der Waals surface area contributed by atoms with E-state index in [1.54, 1.807) is 19.3 Å². The summed E-state index contributed by atoms with van der Waals surface area (Å²) in [7, 11) is 1.65. The first-order valence-corrected chi connectivity index (χ1v) is 9.41. The maximum Gasteiger partial charge on any atom is 0.262 e. The molecule has 1 N–H and O–H groups in total. The summed E-state index contributed by atoms with van der Waals surface area (Å²) in [4.78, 5) is 18.2. The van der Waals surface area contributed by atoms with Crippen LogP contribution in [0.4, 0.5) is 10.3 Å². The van der Waals surface area contributed by atoms with Gasteiger partial charge in [-0.2, -0.15) is 4.37 Å². The number of nitrogens with one attached hydrogen (secondary N) is 1. The van der Waals surface area contributed by atoms with E-state index in [-0.39, 0.29) is 17.9 Å². The van der Waals surface area contributed by atoms with Gasteiger partial charge >= 0.3 is 0 Å². The van der Waals surface area contributed by atoms with Crippen molar-refractivity contribution >= 4 is 17.5 Å². The van der Waals surface area contributed by atoms with Gasteiger partial charge < -0.3 is 10.1 Å². The molecule has 0 fully saturated rings. The fourth-order valence-corrected chi connectivity index (χ4v) is 4.14. The lowest BCUT2D eigenvalue weighted by molar-refractivity contribution is 0.356. The van der Waals surface area contributed by atoms with E-state index in [4.69, 9.17) is 4.74 Å². The highest BCUT2D eigenvalue weighted by Gasteiger charge is 2.20. The Balaban J connectivity index is 1.65. The van der Waals surface area contributed by atoms with Crippen LogP contribution in [0.1, 0.15) is 21.7 Å². The Morgan fingerprint density at radius 1 is 1.37 bits per heavy atom. The fraction of sp³-hybridized carbons (Fsp3) is 0.316. The largest absolute Gasteiger partial charge is 0.493 e. The van der Waals surface area contributed by atoms with Crippen LogP contribution in [0.5, 0.6) is 5.75 Å². The average molecular weight is 386 g/mol. The molecule has 0 aliphatic carbocycles. The van der Waals surface area contributed by atoms with Crippen molar-refractivity contribution in [3.8, 4) is 16.9 Å². The molecule has 8 heteroatoms. The maximum atomic E-state index is 14.3. The van der Waals surface area contributed by atoms with Crippen molar-refractivity contribution in [1.82, 2.24) is 13.9 Å². The highest BCUT2D eigenvalue weighted by molar-refractivity contribution is 7.06. The number of aromatic nitrogens is 3. The summed E-state index contributed by atoms with van der Waals surface area (Å²) in [6, 6.07) is 3.06. The molecule has 6 nitrogen and oxygen atoms in total. The number of nitrogens with zero attached hydrogens (tertiary/aromatic N) is 3. The molecule has 0 radical (unpaired) electrons. The summed E-state index contributed by atoms with van der Waals surface area (Å²) in [5.41, 5.74) is 3.44. The first-order chi connectivity index (χ1) is 13.0. The molecule has 0 amide bonds. The normalized spacial score (nSPS) is 12.7. The zero-order valence-electron chi connectivity index (χ0n) is 15.3. The zero-order valence-corrected chi connectivity index (χ0v) is 16.1. The fourth-order valence-electron chi connectivity index (χ4n) is 3.42. The van der Waals surface area contributed by atoms with E-state index in [0.717, 1.165) is 27.4 Å². The van der Waals surface area contributed by atoms with Crippen molar-refractivity contribution in [2.45, 2.75) is 26.8 Å². The molecule has 27 heavy (non-hydrogen) atoms. The molecule has 0 spiro atoms. The van der Waals surface area contributed by atoms with Crippen molar-refractivity contribution in [3.05, 3.63) is 56.2 Å². The minimum absolute atomic E-state index is 0.166. The van der Waals surface area contributed by atoms with Gasteiger partial charge in [0.1, 0.15) is 11.6 Å². The molecule has 4 rings (SSSR count). The molecule has 1 aromatic carbocycles. The van der Waals surface area contributed by atoms with Gasteiger partial charge in [-0.3, -0.25) is 9.36 Å². The van der Waals surface area contributed by atoms with Crippen molar-refractivity contribution in [3.63, 3.8) is 0 Å². The van der Waals surface area contributed by atoms with Crippen LogP contribution in [0.2, 0.25) is 0 Å². The van der Waals surface area contributed by atoms with Crippen LogP contribution in [-0.4, -0.2) is 20.5 Å². The molecule has 0 unspecified atom stereocenters. The van der Waals surface area contributed by atoms with Gasteiger partial charge in [-0.25, -0.2) is 9.37 Å². The predicted molar refractivity (Wildman–Crippen MR) is 103 cm³/mol. The van der Waals surface area contributed by atoms with Crippen LogP contribution in [-0.2, 0) is 20.0 Å². The van der Waals surface area contributed by atoms with Gasteiger partial charge in [0.2, 0.25) is 5.95 Å². The highest BCUT2D eigenvalue weighted by atomic mass is 32.1. The van der Waals surface area contributed by atoms with E-state index >= 15 is 0 Å². The lowest BCUT2D eigenvalue weighted by Crippen LogP contribution is -2.24. The number of fused-ring (bicyclic) bond motifs is 1. The Kier molecular flexibility index (Phi) is 4.43. The molecule has 1 aliphatic heterocycles. The lowest BCUT2D eigenvalue weighted by Gasteiger charge is -2.13. The minimum Gasteiger partial charge on any atom is -0.493 e. The molecule has 0 saturated carbocycles. The number of hydrogen-bond donors (Lipinski definition) is 1. The third-order valence-corrected chi connectivity index (χ3v) is 5.68. The number of ether oxygens (including phenoxy) is 1. The van der Waals surface area contributed by atoms with Crippen LogP contribution in [0.15, 0.2) is 23.1 Å². The predicted octanol–water partition coefficient (Wildman–Crippen LogP) is 3.21. The van der Waals surface area contributed by atoms with Crippen molar-refractivity contribution in [1.29, 1.82) is 0 Å². The smallest absolute Gasteiger partial charge is 0.262 e. The first kappa shape index (κ1) is 17.7. The van der Waals surface area contributed by atoms with Crippen LogP contribution >= 0.6 is 11.5 Å². The SMILES string of the molecule is Cc1nsc(C)c1-c1cnc(NCc2c(F)ccc3c2CCO3)n(C)c1=O. The second kappa shape index (κ2) is 6.77. The molecular formula is C19H19FN4O2S. The average Bonchev–Trinajstić information content (AvgIpc) is 3.25. The van der Waals surface area contributed by atoms with E-state index in [1.807, 2.05) is 13.8 Å². The third-order valence-electron chi connectivity index (χ3n) is 4.84. The highest BCUT2D eigenvalue weighted by Crippen LogP contribution is 2.31. The quantitative estimate of drug-likeness (QED) is 0.746. The molecule has 0 saturated heterocycles. The van der Waals surface area contributed by atoms with Gasteiger partial charge in [-0.15, -0.1) is 0 Å². The Morgan fingerprint density at radius 3 is 2.93 bits per heavy atom. The van der Waals surface area contributed by atoms with Gasteiger partial charge in [-0.1, -0.05) is 0 Å². The van der Waals surface area contributed by atoms with Gasteiger partial charge in [0.15, 0.2) is 0 Å². The zero-order chi connectivity index (χ0) is 19.1. The molecule has 3 aromatic rings. The Morgan fingerprint density at radius 2 is 2.19 bits per heavy atom. The molecule has 0 bridgehead atoms. The number of halogens is 1. The summed E-state index contributed by atoms with van der Waals surface area (Å²) in [6.45, 7) is 4.61. The summed E-state index contributed by atoms with van der Waals surface area (Å²) < 4.78 is 25.5. The van der Waals surface area contributed by atoms with Crippen molar-refractivity contribution in [2.24, 2.45) is 7.05 Å². The maximum absolute atomic E-state index is 14.3. The van der Waals surface area contributed by atoms with Gasteiger partial charge in [0.05, 0.1) is 17.9 Å². The Labute approximate surface area is 159 Å². The summed E-state index contributed by atoms with van der Waals surface area (Å²) in [6.07, 6.45) is 2.24. The van der Waals surface area contributed by atoms with Gasteiger partial charge in [-0.05, 0) is 37.5 Å². The number of anilines is 1. The van der Waals surface area contributed by atoms with E-state index in [2.05, 4.69) is 14.7 Å². The molecule has 0 atom stereocenters. The van der Waals surface area contributed by atoms with Crippen LogP contribution in [0.3, 0.4) is 0 Å². The molecule has 3 heterocycles. The van der Waals surface area contributed by atoms with E-state index < -0.39 is 0 Å². The Hall–Kier alpha value is -2.74. The molecule has 140 valence electrons.